The molecular weight excluding hydrogens is 292 g/mol. The number of aryl methyl sites for hydroxylation is 1. The summed E-state index contributed by atoms with van der Waals surface area (Å²) in [7, 11) is 0. The summed E-state index contributed by atoms with van der Waals surface area (Å²) in [5.74, 6) is -1.53. The number of amides is 2. The molecule has 5 nitrogen and oxygen atoms in total. The molecule has 3 N–H and O–H groups in total. The molecule has 1 aliphatic rings. The number of anilines is 1. The number of nitrogens with one attached hydrogen (secondary N) is 2. The van der Waals surface area contributed by atoms with Gasteiger partial charge in [-0.2, -0.15) is 0 Å². The second kappa shape index (κ2) is 6.91. The molecule has 2 rings (SSSR count). The number of halogens is 1. The fraction of sp³-hybridized carbons (Fsp3) is 0.467. The number of benzene rings is 1. The van der Waals surface area contributed by atoms with Crippen LogP contribution in [0.25, 0.3) is 0 Å². The van der Waals surface area contributed by atoms with Crippen molar-refractivity contribution < 1.29 is 14.7 Å². The summed E-state index contributed by atoms with van der Waals surface area (Å²) in [6.45, 7) is 1.87. The number of rotatable bonds is 2. The van der Waals surface area contributed by atoms with E-state index in [1.165, 1.54) is 0 Å². The van der Waals surface area contributed by atoms with Crippen molar-refractivity contribution in [3.63, 3.8) is 0 Å². The molecule has 1 aromatic rings. The molecule has 1 saturated carbocycles. The molecule has 2 amide bonds. The first-order valence-corrected chi connectivity index (χ1v) is 7.41. The van der Waals surface area contributed by atoms with E-state index in [1.54, 1.807) is 12.1 Å². The number of carbonyl (C=O) groups is 2. The third-order valence-electron chi connectivity index (χ3n) is 3.62. The Hall–Kier alpha value is -1.59. The Morgan fingerprint density at radius 3 is 2.67 bits per heavy atom. The van der Waals surface area contributed by atoms with E-state index in [1.807, 2.05) is 13.0 Å². The second-order valence-electron chi connectivity index (χ2n) is 5.37. The summed E-state index contributed by atoms with van der Waals surface area (Å²) in [4.78, 5) is 23.8. The lowest BCUT2D eigenvalue weighted by Crippen LogP contribution is -2.48. The Labute approximate surface area is 128 Å². The number of hydrogen-bond donors (Lipinski definition) is 3. The van der Waals surface area contributed by atoms with Gasteiger partial charge in [0.1, 0.15) is 0 Å². The summed E-state index contributed by atoms with van der Waals surface area (Å²) < 4.78 is 0. The van der Waals surface area contributed by atoms with Gasteiger partial charge in [0.15, 0.2) is 0 Å². The van der Waals surface area contributed by atoms with Gasteiger partial charge in [0.2, 0.25) is 0 Å². The van der Waals surface area contributed by atoms with Gasteiger partial charge < -0.3 is 15.7 Å². The van der Waals surface area contributed by atoms with Crippen molar-refractivity contribution in [1.82, 2.24) is 5.32 Å². The van der Waals surface area contributed by atoms with Crippen LogP contribution in [0.2, 0.25) is 5.02 Å². The Balaban J connectivity index is 1.96. The number of carbonyl (C=O) groups excluding carboxylic acids is 2. The van der Waals surface area contributed by atoms with Crippen molar-refractivity contribution in [2.75, 3.05) is 5.32 Å². The van der Waals surface area contributed by atoms with Gasteiger partial charge in [-0.1, -0.05) is 30.5 Å². The van der Waals surface area contributed by atoms with Crippen LogP contribution in [0.4, 0.5) is 5.69 Å². The smallest absolute Gasteiger partial charge is 0.313 e. The summed E-state index contributed by atoms with van der Waals surface area (Å²) in [5.41, 5.74) is 1.33. The number of aliphatic hydroxyl groups is 1. The molecule has 21 heavy (non-hydrogen) atoms. The Morgan fingerprint density at radius 1 is 1.24 bits per heavy atom. The van der Waals surface area contributed by atoms with Crippen molar-refractivity contribution in [1.29, 1.82) is 0 Å². The van der Waals surface area contributed by atoms with Crippen LogP contribution in [-0.4, -0.2) is 29.1 Å². The van der Waals surface area contributed by atoms with Gasteiger partial charge in [0.05, 0.1) is 22.9 Å². The Kier molecular flexibility index (Phi) is 5.20. The van der Waals surface area contributed by atoms with Crippen LogP contribution >= 0.6 is 11.6 Å². The highest BCUT2D eigenvalue weighted by atomic mass is 35.5. The molecule has 0 aromatic heterocycles. The first kappa shape index (κ1) is 15.8. The van der Waals surface area contributed by atoms with E-state index in [2.05, 4.69) is 10.6 Å². The van der Waals surface area contributed by atoms with Crippen LogP contribution in [0.15, 0.2) is 18.2 Å². The van der Waals surface area contributed by atoms with E-state index in [-0.39, 0.29) is 6.04 Å². The largest absolute Gasteiger partial charge is 0.391 e. The maximum absolute atomic E-state index is 11.9. The van der Waals surface area contributed by atoms with Gasteiger partial charge >= 0.3 is 11.8 Å². The minimum absolute atomic E-state index is 0.356. The van der Waals surface area contributed by atoms with Crippen LogP contribution in [0.5, 0.6) is 0 Å². The lowest BCUT2D eigenvalue weighted by atomic mass is 9.92. The third kappa shape index (κ3) is 4.19. The highest BCUT2D eigenvalue weighted by molar-refractivity contribution is 6.41. The van der Waals surface area contributed by atoms with Gasteiger partial charge in [-0.05, 0) is 37.5 Å². The predicted molar refractivity (Wildman–Crippen MR) is 81.2 cm³/mol. The van der Waals surface area contributed by atoms with Crippen molar-refractivity contribution in [3.05, 3.63) is 28.8 Å². The van der Waals surface area contributed by atoms with Gasteiger partial charge in [-0.15, -0.1) is 0 Å². The fourth-order valence-corrected chi connectivity index (χ4v) is 2.59. The molecule has 0 bridgehead atoms. The monoisotopic (exact) mass is 310 g/mol. The second-order valence-corrected chi connectivity index (χ2v) is 5.78. The zero-order valence-electron chi connectivity index (χ0n) is 11.9. The first-order chi connectivity index (χ1) is 9.97. The molecule has 1 aromatic carbocycles. The molecule has 1 aliphatic carbocycles. The van der Waals surface area contributed by atoms with Gasteiger partial charge in [0.25, 0.3) is 0 Å². The fourth-order valence-electron chi connectivity index (χ4n) is 2.43. The lowest BCUT2D eigenvalue weighted by molar-refractivity contribution is -0.137. The zero-order valence-corrected chi connectivity index (χ0v) is 12.6. The maximum atomic E-state index is 11.9. The average Bonchev–Trinajstić information content (AvgIpc) is 2.45. The van der Waals surface area contributed by atoms with E-state index in [0.717, 1.165) is 18.4 Å². The molecule has 0 spiro atoms. The van der Waals surface area contributed by atoms with Gasteiger partial charge in [-0.3, -0.25) is 9.59 Å². The molecule has 0 aliphatic heterocycles. The van der Waals surface area contributed by atoms with Crippen molar-refractivity contribution in [2.45, 2.75) is 44.8 Å². The van der Waals surface area contributed by atoms with Crippen molar-refractivity contribution in [2.24, 2.45) is 0 Å². The summed E-state index contributed by atoms with van der Waals surface area (Å²) >= 11 is 5.97. The average molecular weight is 311 g/mol. The summed E-state index contributed by atoms with van der Waals surface area (Å²) in [6, 6.07) is 4.82. The molecule has 0 radical (unpaired) electrons. The van der Waals surface area contributed by atoms with Crippen LogP contribution in [-0.2, 0) is 9.59 Å². The molecule has 2 unspecified atom stereocenters. The van der Waals surface area contributed by atoms with Crippen LogP contribution in [0.3, 0.4) is 0 Å². The zero-order chi connectivity index (χ0) is 15.4. The highest BCUT2D eigenvalue weighted by Crippen LogP contribution is 2.23. The van der Waals surface area contributed by atoms with E-state index in [0.29, 0.717) is 23.6 Å². The minimum Gasteiger partial charge on any atom is -0.391 e. The Bertz CT molecular complexity index is 548. The Morgan fingerprint density at radius 2 is 1.95 bits per heavy atom. The lowest BCUT2D eigenvalue weighted by Gasteiger charge is -2.28. The van der Waals surface area contributed by atoms with E-state index >= 15 is 0 Å². The molecule has 2 atom stereocenters. The summed E-state index contributed by atoms with van der Waals surface area (Å²) in [6.07, 6.45) is 2.63. The standard InChI is InChI=1S/C15H19ClN2O3/c1-9-6-7-10(16)12(8-9)18-15(21)14(20)17-11-4-2-3-5-13(11)19/h6-8,11,13,19H,2-5H2,1H3,(H,17,20)(H,18,21). The van der Waals surface area contributed by atoms with Crippen molar-refractivity contribution >= 4 is 29.1 Å². The van der Waals surface area contributed by atoms with E-state index in [9.17, 15) is 14.7 Å². The topological polar surface area (TPSA) is 78.4 Å². The van der Waals surface area contributed by atoms with Gasteiger partial charge in [-0.25, -0.2) is 0 Å². The summed E-state index contributed by atoms with van der Waals surface area (Å²) in [5, 5.41) is 15.2. The molecule has 0 saturated heterocycles. The van der Waals surface area contributed by atoms with E-state index < -0.39 is 17.9 Å². The first-order valence-electron chi connectivity index (χ1n) is 7.03. The SMILES string of the molecule is Cc1ccc(Cl)c(NC(=O)C(=O)NC2CCCCC2O)c1. The predicted octanol–water partition coefficient (Wildman–Crippen LogP) is 2.01. The minimum atomic E-state index is -0.778. The quantitative estimate of drug-likeness (QED) is 0.731. The third-order valence-corrected chi connectivity index (χ3v) is 3.95. The molecule has 0 heterocycles. The van der Waals surface area contributed by atoms with Crippen LogP contribution in [0, 0.1) is 6.92 Å². The van der Waals surface area contributed by atoms with Crippen LogP contribution in [0.1, 0.15) is 31.2 Å². The molecular formula is C15H19ClN2O3. The van der Waals surface area contributed by atoms with Crippen molar-refractivity contribution in [3.8, 4) is 0 Å². The molecule has 1 fully saturated rings. The number of aliphatic hydroxyl groups excluding tert-OH is 1. The maximum Gasteiger partial charge on any atom is 0.313 e. The highest BCUT2D eigenvalue weighted by Gasteiger charge is 2.27. The van der Waals surface area contributed by atoms with Gasteiger partial charge in [0, 0.05) is 0 Å². The van der Waals surface area contributed by atoms with E-state index in [4.69, 9.17) is 11.6 Å². The molecule has 114 valence electrons. The molecule has 6 heteroatoms. The number of hydrogen-bond acceptors (Lipinski definition) is 3. The van der Waals surface area contributed by atoms with Crippen LogP contribution < -0.4 is 10.6 Å². The normalized spacial score (nSPS) is 21.7.